The number of rotatable bonds is 12. The maximum absolute atomic E-state index is 9.37. The van der Waals surface area contributed by atoms with Gasteiger partial charge in [-0.3, -0.25) is 0 Å². The number of nitrogens with zero attached hydrogens (tertiary/aromatic N) is 3. The number of anilines is 2. The quantitative estimate of drug-likeness (QED) is 0.277. The minimum absolute atomic E-state index is 0.0118. The number of benzene rings is 2. The van der Waals surface area contributed by atoms with E-state index < -0.39 is 0 Å². The van der Waals surface area contributed by atoms with Crippen LogP contribution in [0.25, 0.3) is 11.4 Å². The van der Waals surface area contributed by atoms with Crippen LogP contribution in [0.3, 0.4) is 0 Å². The van der Waals surface area contributed by atoms with Crippen LogP contribution in [-0.2, 0) is 14.2 Å². The second-order valence-corrected chi connectivity index (χ2v) is 10.3. The van der Waals surface area contributed by atoms with E-state index in [0.29, 0.717) is 25.7 Å². The molecule has 0 spiro atoms. The molecule has 0 bridgehead atoms. The number of nitrogens with one attached hydrogen (secondary N) is 1. The van der Waals surface area contributed by atoms with E-state index in [-0.39, 0.29) is 18.1 Å². The predicted molar refractivity (Wildman–Crippen MR) is 142 cm³/mol. The zero-order valence-corrected chi connectivity index (χ0v) is 21.1. The van der Waals surface area contributed by atoms with Gasteiger partial charge in [0.2, 0.25) is 0 Å². The Hall–Kier alpha value is -2.85. The predicted octanol–water partition coefficient (Wildman–Crippen LogP) is 4.12. The van der Waals surface area contributed by atoms with E-state index in [1.165, 1.54) is 0 Å². The van der Waals surface area contributed by atoms with E-state index in [2.05, 4.69) is 16.3 Å². The lowest BCUT2D eigenvalue weighted by Gasteiger charge is -2.29. The van der Waals surface area contributed by atoms with E-state index in [9.17, 15) is 5.11 Å². The van der Waals surface area contributed by atoms with E-state index in [4.69, 9.17) is 24.2 Å². The van der Waals surface area contributed by atoms with Gasteiger partial charge in [0.25, 0.3) is 0 Å². The highest BCUT2D eigenvalue weighted by Gasteiger charge is 2.46. The standard InChI is InChI=1S/C27H32N4O4S/c32-14-17-36-27(10-11-27)24-18-25(31-12-15-33-16-13-31)30-26(29-24)21-6-8-22(9-7-21)28-19-34-20-35-23-4-2-1-3-5-23/h1-9,18,28,32H,10-17,19-20H2. The zero-order valence-electron chi connectivity index (χ0n) is 20.3. The second kappa shape index (κ2) is 11.9. The lowest BCUT2D eigenvalue weighted by Crippen LogP contribution is -2.37. The molecule has 9 heteroatoms. The van der Waals surface area contributed by atoms with Crippen molar-refractivity contribution >= 4 is 23.3 Å². The molecule has 2 heterocycles. The van der Waals surface area contributed by atoms with Crippen LogP contribution in [0.5, 0.6) is 5.75 Å². The zero-order chi connectivity index (χ0) is 24.6. The van der Waals surface area contributed by atoms with Crippen molar-refractivity contribution in [2.45, 2.75) is 17.6 Å². The molecule has 1 aliphatic heterocycles. The van der Waals surface area contributed by atoms with Gasteiger partial charge in [-0.1, -0.05) is 18.2 Å². The van der Waals surface area contributed by atoms with E-state index in [0.717, 1.165) is 60.3 Å². The number of hydrogen-bond donors (Lipinski definition) is 2. The van der Waals surface area contributed by atoms with Crippen LogP contribution in [0.1, 0.15) is 18.5 Å². The number of morpholine rings is 1. The summed E-state index contributed by atoms with van der Waals surface area (Å²) in [4.78, 5) is 12.2. The summed E-state index contributed by atoms with van der Waals surface area (Å²) in [7, 11) is 0. The van der Waals surface area contributed by atoms with E-state index >= 15 is 0 Å². The van der Waals surface area contributed by atoms with Gasteiger partial charge in [0, 0.05) is 36.2 Å². The largest absolute Gasteiger partial charge is 0.467 e. The van der Waals surface area contributed by atoms with Crippen LogP contribution in [-0.4, -0.2) is 67.3 Å². The smallest absolute Gasteiger partial charge is 0.191 e. The summed E-state index contributed by atoms with van der Waals surface area (Å²) in [6.07, 6.45) is 2.15. The van der Waals surface area contributed by atoms with Crippen molar-refractivity contribution in [2.24, 2.45) is 0 Å². The normalized spacial score (nSPS) is 16.5. The van der Waals surface area contributed by atoms with Crippen molar-refractivity contribution in [3.05, 3.63) is 66.4 Å². The van der Waals surface area contributed by atoms with Gasteiger partial charge in [0.1, 0.15) is 18.3 Å². The number of aliphatic hydroxyl groups excluding tert-OH is 1. The maximum Gasteiger partial charge on any atom is 0.191 e. The summed E-state index contributed by atoms with van der Waals surface area (Å²) < 4.78 is 16.6. The van der Waals surface area contributed by atoms with Crippen molar-refractivity contribution < 1.29 is 19.3 Å². The van der Waals surface area contributed by atoms with Gasteiger partial charge >= 0.3 is 0 Å². The highest BCUT2D eigenvalue weighted by atomic mass is 32.2. The molecule has 190 valence electrons. The molecule has 1 aromatic heterocycles. The van der Waals surface area contributed by atoms with Gasteiger partial charge in [-0.2, -0.15) is 0 Å². The molecular formula is C27H32N4O4S. The molecule has 0 amide bonds. The molecule has 2 aromatic carbocycles. The third kappa shape index (κ3) is 6.28. The van der Waals surface area contributed by atoms with Crippen LogP contribution < -0.4 is 15.0 Å². The summed E-state index contributed by atoms with van der Waals surface area (Å²) in [6.45, 7) is 3.75. The summed E-state index contributed by atoms with van der Waals surface area (Å²) in [6, 6.07) is 19.8. The fourth-order valence-electron chi connectivity index (χ4n) is 4.12. The van der Waals surface area contributed by atoms with Crippen LogP contribution >= 0.6 is 11.8 Å². The van der Waals surface area contributed by atoms with Crippen molar-refractivity contribution in [1.82, 2.24) is 9.97 Å². The number of hydrogen-bond acceptors (Lipinski definition) is 9. The van der Waals surface area contributed by atoms with Crippen LogP contribution in [0.15, 0.2) is 60.7 Å². The Bertz CT molecular complexity index is 1110. The van der Waals surface area contributed by atoms with Crippen molar-refractivity contribution in [1.29, 1.82) is 0 Å². The summed E-state index contributed by atoms with van der Waals surface area (Å²) >= 11 is 1.80. The van der Waals surface area contributed by atoms with Crippen molar-refractivity contribution in [3.63, 3.8) is 0 Å². The topological polar surface area (TPSA) is 89.0 Å². The van der Waals surface area contributed by atoms with Gasteiger partial charge in [-0.15, -0.1) is 11.8 Å². The van der Waals surface area contributed by atoms with Gasteiger partial charge in [-0.25, -0.2) is 9.97 Å². The van der Waals surface area contributed by atoms with Gasteiger partial charge < -0.3 is 29.5 Å². The summed E-state index contributed by atoms with van der Waals surface area (Å²) in [5.74, 6) is 3.17. The fraction of sp³-hybridized carbons (Fsp3) is 0.407. The monoisotopic (exact) mass is 508 g/mol. The Morgan fingerprint density at radius 1 is 1.03 bits per heavy atom. The molecule has 0 unspecified atom stereocenters. The molecule has 2 aliphatic rings. The molecule has 1 saturated carbocycles. The molecule has 2 fully saturated rings. The van der Waals surface area contributed by atoms with Crippen LogP contribution in [0, 0.1) is 0 Å². The SMILES string of the molecule is OCCSC1(c2cc(N3CCOCC3)nc(-c3ccc(NCOCOc4ccccc4)cc3)n2)CC1. The molecular weight excluding hydrogens is 476 g/mol. The first-order valence-corrected chi connectivity index (χ1v) is 13.3. The first-order chi connectivity index (χ1) is 17.8. The lowest BCUT2D eigenvalue weighted by atomic mass is 10.1. The van der Waals surface area contributed by atoms with Crippen molar-refractivity contribution in [2.75, 3.05) is 62.4 Å². The molecule has 36 heavy (non-hydrogen) atoms. The Labute approximate surface area is 216 Å². The molecule has 1 saturated heterocycles. The summed E-state index contributed by atoms with van der Waals surface area (Å²) in [5.41, 5.74) is 2.97. The van der Waals surface area contributed by atoms with E-state index in [1.807, 2.05) is 54.6 Å². The Morgan fingerprint density at radius 2 is 1.81 bits per heavy atom. The number of aromatic nitrogens is 2. The van der Waals surface area contributed by atoms with Gasteiger partial charge in [-0.05, 0) is 49.2 Å². The van der Waals surface area contributed by atoms with Gasteiger partial charge in [0.15, 0.2) is 12.6 Å². The van der Waals surface area contributed by atoms with Crippen molar-refractivity contribution in [3.8, 4) is 17.1 Å². The molecule has 5 rings (SSSR count). The minimum atomic E-state index is -0.0118. The first kappa shape index (κ1) is 24.8. The molecule has 0 radical (unpaired) electrons. The van der Waals surface area contributed by atoms with Gasteiger partial charge in [0.05, 0.1) is 30.3 Å². The number of thioether (sulfide) groups is 1. The number of ether oxygens (including phenoxy) is 3. The lowest BCUT2D eigenvalue weighted by molar-refractivity contribution is 0.0251. The second-order valence-electron chi connectivity index (χ2n) is 8.78. The van der Waals surface area contributed by atoms with Crippen LogP contribution in [0.2, 0.25) is 0 Å². The number of para-hydroxylation sites is 1. The Morgan fingerprint density at radius 3 is 2.53 bits per heavy atom. The average Bonchev–Trinajstić information content (AvgIpc) is 3.74. The molecule has 8 nitrogen and oxygen atoms in total. The Balaban J connectivity index is 1.25. The third-order valence-corrected chi connectivity index (χ3v) is 7.82. The first-order valence-electron chi connectivity index (χ1n) is 12.3. The molecule has 2 N–H and O–H groups in total. The minimum Gasteiger partial charge on any atom is -0.467 e. The van der Waals surface area contributed by atoms with E-state index in [1.54, 1.807) is 11.8 Å². The molecule has 0 atom stereocenters. The number of aliphatic hydroxyl groups is 1. The maximum atomic E-state index is 9.37. The highest BCUT2D eigenvalue weighted by molar-refractivity contribution is 8.00. The molecule has 1 aliphatic carbocycles. The van der Waals surface area contributed by atoms with Crippen LogP contribution in [0.4, 0.5) is 11.5 Å². The Kier molecular flexibility index (Phi) is 8.22. The highest BCUT2D eigenvalue weighted by Crippen LogP contribution is 2.56. The third-order valence-electron chi connectivity index (χ3n) is 6.26. The average molecular weight is 509 g/mol. The summed E-state index contributed by atoms with van der Waals surface area (Å²) in [5, 5.41) is 12.6. The molecule has 3 aromatic rings. The fourth-order valence-corrected chi connectivity index (χ4v) is 5.25.